The maximum Gasteiger partial charge on any atom is 0.125 e. The summed E-state index contributed by atoms with van der Waals surface area (Å²) < 4.78 is 0. The summed E-state index contributed by atoms with van der Waals surface area (Å²) in [6.45, 7) is 0. The van der Waals surface area contributed by atoms with Crippen molar-refractivity contribution in [2.24, 2.45) is 4.99 Å². The first-order valence-corrected chi connectivity index (χ1v) is 4.63. The second-order valence-electron chi connectivity index (χ2n) is 3.45. The molecule has 1 aliphatic carbocycles. The zero-order chi connectivity index (χ0) is 9.54. The number of phenols is 1. The van der Waals surface area contributed by atoms with Gasteiger partial charge in [0, 0.05) is 5.22 Å². The van der Waals surface area contributed by atoms with E-state index < -0.39 is 0 Å². The van der Waals surface area contributed by atoms with Crippen LogP contribution in [0.3, 0.4) is 0 Å². The Kier molecular flexibility index (Phi) is 1.39. The average Bonchev–Trinajstić information content (AvgIpc) is 2.57. The predicted octanol–water partition coefficient (Wildman–Crippen LogP) is 1.02. The highest BCUT2D eigenvalue weighted by Crippen LogP contribution is 2.23. The molecule has 0 saturated heterocycles. The lowest BCUT2D eigenvalue weighted by atomic mass is 10.0. The molecule has 2 heteroatoms. The molecule has 0 bridgehead atoms. The van der Waals surface area contributed by atoms with Crippen LogP contribution >= 0.6 is 0 Å². The summed E-state index contributed by atoms with van der Waals surface area (Å²) in [7, 11) is 0. The van der Waals surface area contributed by atoms with Gasteiger partial charge in [0.1, 0.15) is 5.75 Å². The van der Waals surface area contributed by atoms with Crippen molar-refractivity contribution < 1.29 is 5.11 Å². The van der Waals surface area contributed by atoms with E-state index in [1.165, 1.54) is 0 Å². The zero-order valence-electron chi connectivity index (χ0n) is 7.57. The Labute approximate surface area is 81.2 Å². The molecule has 1 aromatic carbocycles. The second-order valence-corrected chi connectivity index (χ2v) is 3.45. The lowest BCUT2D eigenvalue weighted by molar-refractivity contribution is 0.470. The van der Waals surface area contributed by atoms with E-state index in [1.54, 1.807) is 6.07 Å². The lowest BCUT2D eigenvalue weighted by Crippen LogP contribution is -2.22. The molecular formula is C12H9NO. The molecule has 3 rings (SSSR count). The minimum Gasteiger partial charge on any atom is -0.507 e. The van der Waals surface area contributed by atoms with Crippen molar-refractivity contribution in [2.45, 2.75) is 6.42 Å². The number of benzene rings is 1. The van der Waals surface area contributed by atoms with E-state index >= 15 is 0 Å². The van der Waals surface area contributed by atoms with Crippen molar-refractivity contribution in [3.05, 3.63) is 52.7 Å². The molecule has 0 atom stereocenters. The van der Waals surface area contributed by atoms with Gasteiger partial charge in [-0.05, 0) is 30.2 Å². The molecular weight excluding hydrogens is 174 g/mol. The van der Waals surface area contributed by atoms with Crippen LogP contribution in [0.2, 0.25) is 0 Å². The number of hydrogen-bond donors (Lipinski definition) is 1. The van der Waals surface area contributed by atoms with Crippen molar-refractivity contribution in [3.63, 3.8) is 0 Å². The van der Waals surface area contributed by atoms with Gasteiger partial charge in [0.25, 0.3) is 0 Å². The van der Waals surface area contributed by atoms with Crippen LogP contribution in [0, 0.1) is 0 Å². The number of phenolic OH excluding ortho intramolecular Hbond substituents is 1. The molecule has 2 aliphatic rings. The Morgan fingerprint density at radius 1 is 1.29 bits per heavy atom. The molecule has 2 nitrogen and oxygen atoms in total. The van der Waals surface area contributed by atoms with Gasteiger partial charge in [0.15, 0.2) is 0 Å². The molecule has 0 fully saturated rings. The van der Waals surface area contributed by atoms with Crippen molar-refractivity contribution in [3.8, 4) is 5.75 Å². The Balaban J connectivity index is 2.49. The number of fused-ring (bicyclic) bond motifs is 2. The van der Waals surface area contributed by atoms with Gasteiger partial charge in [-0.25, -0.2) is 4.99 Å². The summed E-state index contributed by atoms with van der Waals surface area (Å²) in [6.07, 6.45) is 6.93. The largest absolute Gasteiger partial charge is 0.507 e. The smallest absolute Gasteiger partial charge is 0.125 e. The molecule has 0 spiro atoms. The van der Waals surface area contributed by atoms with E-state index in [9.17, 15) is 5.11 Å². The van der Waals surface area contributed by atoms with Gasteiger partial charge >= 0.3 is 0 Å². The molecule has 1 aliphatic heterocycles. The number of aromatic hydroxyl groups is 1. The third-order valence-corrected chi connectivity index (χ3v) is 2.58. The number of allylic oxidation sites excluding steroid dienone is 4. The lowest BCUT2D eigenvalue weighted by Gasteiger charge is -2.03. The Morgan fingerprint density at radius 2 is 2.21 bits per heavy atom. The molecule has 1 heterocycles. The van der Waals surface area contributed by atoms with Crippen molar-refractivity contribution in [2.75, 3.05) is 0 Å². The monoisotopic (exact) mass is 183 g/mol. The highest BCUT2D eigenvalue weighted by molar-refractivity contribution is 5.70. The van der Waals surface area contributed by atoms with Crippen molar-refractivity contribution in [1.82, 2.24) is 0 Å². The minimum atomic E-state index is 0.333. The number of rotatable bonds is 0. The molecule has 1 N–H and O–H groups in total. The van der Waals surface area contributed by atoms with Crippen LogP contribution in [0.1, 0.15) is 6.42 Å². The molecule has 14 heavy (non-hydrogen) atoms. The second kappa shape index (κ2) is 2.58. The Morgan fingerprint density at radius 3 is 3.14 bits per heavy atom. The van der Waals surface area contributed by atoms with E-state index in [0.29, 0.717) is 5.75 Å². The van der Waals surface area contributed by atoms with Crippen LogP contribution in [0.4, 0.5) is 0 Å². The fourth-order valence-electron chi connectivity index (χ4n) is 1.95. The van der Waals surface area contributed by atoms with Gasteiger partial charge in [-0.1, -0.05) is 18.2 Å². The summed E-state index contributed by atoms with van der Waals surface area (Å²) in [4.78, 5) is 4.45. The summed E-state index contributed by atoms with van der Waals surface area (Å²) >= 11 is 0. The van der Waals surface area contributed by atoms with Gasteiger partial charge in [-0.2, -0.15) is 0 Å². The standard InChI is InChI=1S/C12H9NO/c14-11-7-3-6-10-12(11)8-4-1-2-5-9(8)13-10/h1-3,5-7,14H,4H2. The SMILES string of the molecule is Oc1cccc2c1=C1CC=CC=C1N=2. The van der Waals surface area contributed by atoms with Crippen LogP contribution in [-0.4, -0.2) is 5.11 Å². The van der Waals surface area contributed by atoms with Gasteiger partial charge in [-0.3, -0.25) is 0 Å². The highest BCUT2D eigenvalue weighted by atomic mass is 16.3. The molecule has 0 aromatic heterocycles. The highest BCUT2D eigenvalue weighted by Gasteiger charge is 2.15. The first-order valence-electron chi connectivity index (χ1n) is 4.63. The van der Waals surface area contributed by atoms with Crippen LogP contribution in [0.15, 0.2) is 47.1 Å². The number of hydrogen-bond acceptors (Lipinski definition) is 2. The summed E-state index contributed by atoms with van der Waals surface area (Å²) in [6, 6.07) is 5.47. The van der Waals surface area contributed by atoms with Crippen LogP contribution < -0.4 is 10.6 Å². The third kappa shape index (κ3) is 0.880. The van der Waals surface area contributed by atoms with E-state index in [1.807, 2.05) is 24.3 Å². The van der Waals surface area contributed by atoms with E-state index in [-0.39, 0.29) is 0 Å². The molecule has 0 radical (unpaired) electrons. The molecule has 0 saturated carbocycles. The average molecular weight is 183 g/mol. The van der Waals surface area contributed by atoms with Crippen LogP contribution in [0.5, 0.6) is 5.75 Å². The normalized spacial score (nSPS) is 17.1. The molecule has 0 unspecified atom stereocenters. The van der Waals surface area contributed by atoms with Crippen molar-refractivity contribution in [1.29, 1.82) is 0 Å². The van der Waals surface area contributed by atoms with Crippen LogP contribution in [-0.2, 0) is 0 Å². The Hall–Kier alpha value is -1.83. The topological polar surface area (TPSA) is 32.6 Å². The van der Waals surface area contributed by atoms with E-state index in [0.717, 1.165) is 28.3 Å². The maximum absolute atomic E-state index is 9.74. The fraction of sp³-hybridized carbons (Fsp3) is 0.0833. The molecule has 0 amide bonds. The van der Waals surface area contributed by atoms with Gasteiger partial charge in [0.05, 0.1) is 11.1 Å². The summed E-state index contributed by atoms with van der Waals surface area (Å²) in [5.41, 5.74) is 2.13. The van der Waals surface area contributed by atoms with Gasteiger partial charge in [-0.15, -0.1) is 0 Å². The fourth-order valence-corrected chi connectivity index (χ4v) is 1.95. The van der Waals surface area contributed by atoms with E-state index in [2.05, 4.69) is 11.1 Å². The molecule has 68 valence electrons. The van der Waals surface area contributed by atoms with Crippen molar-refractivity contribution >= 4 is 5.57 Å². The predicted molar refractivity (Wildman–Crippen MR) is 54.1 cm³/mol. The van der Waals surface area contributed by atoms with Gasteiger partial charge in [0.2, 0.25) is 0 Å². The van der Waals surface area contributed by atoms with Gasteiger partial charge < -0.3 is 5.11 Å². The maximum atomic E-state index is 9.74. The summed E-state index contributed by atoms with van der Waals surface area (Å²) in [5.74, 6) is 0.333. The number of nitrogens with zero attached hydrogens (tertiary/aromatic N) is 1. The molecule has 1 aromatic rings. The quantitative estimate of drug-likeness (QED) is 0.640. The third-order valence-electron chi connectivity index (χ3n) is 2.58. The first-order chi connectivity index (χ1) is 6.86. The van der Waals surface area contributed by atoms with Crippen LogP contribution in [0.25, 0.3) is 5.57 Å². The zero-order valence-corrected chi connectivity index (χ0v) is 7.57. The first kappa shape index (κ1) is 7.56. The minimum absolute atomic E-state index is 0.333. The van der Waals surface area contributed by atoms with E-state index in [4.69, 9.17) is 0 Å². The Bertz CT molecular complexity index is 579. The summed E-state index contributed by atoms with van der Waals surface area (Å²) in [5, 5.41) is 11.5.